The van der Waals surface area contributed by atoms with Crippen molar-refractivity contribution in [2.45, 2.75) is 12.8 Å². The lowest BCUT2D eigenvalue weighted by molar-refractivity contribution is 1.27. The predicted octanol–water partition coefficient (Wildman–Crippen LogP) is 4.48. The maximum Gasteiger partial charge on any atom is 0.299 e. The molecule has 27 heavy (non-hydrogen) atoms. The molecule has 4 aromatic rings. The van der Waals surface area contributed by atoms with Crippen LogP contribution in [-0.4, -0.2) is 15.2 Å². The van der Waals surface area contributed by atoms with Gasteiger partial charge in [0.2, 0.25) is 0 Å². The van der Waals surface area contributed by atoms with E-state index < -0.39 is 0 Å². The molecule has 2 aliphatic rings. The van der Waals surface area contributed by atoms with Crippen molar-refractivity contribution < 1.29 is 0 Å². The van der Waals surface area contributed by atoms with Crippen LogP contribution in [0.25, 0.3) is 22.3 Å². The van der Waals surface area contributed by atoms with Gasteiger partial charge < -0.3 is 0 Å². The molecule has 1 heteroatoms. The molecule has 0 unspecified atom stereocenters. The first-order valence-corrected chi connectivity index (χ1v) is 10.8. The molecule has 0 amide bonds. The second-order valence-corrected chi connectivity index (χ2v) is 9.09. The standard InChI is InChI=1S/2C13H9.Al/c2*1-3-7-12-10(5-1)9-11-6-2-4-8-13(11)12;/h2*1-5,7-8H,9H2;. The summed E-state index contributed by atoms with van der Waals surface area (Å²) in [6, 6.07) is 31.6. The fourth-order valence-electron chi connectivity index (χ4n) is 4.80. The van der Waals surface area contributed by atoms with E-state index in [9.17, 15) is 0 Å². The molecule has 0 saturated heterocycles. The molecule has 125 valence electrons. The van der Waals surface area contributed by atoms with Crippen molar-refractivity contribution in [3.63, 3.8) is 0 Å². The van der Waals surface area contributed by atoms with E-state index >= 15 is 0 Å². The topological polar surface area (TPSA) is 0 Å². The highest BCUT2D eigenvalue weighted by Crippen LogP contribution is 2.36. The quantitative estimate of drug-likeness (QED) is 0.401. The summed E-state index contributed by atoms with van der Waals surface area (Å²) in [6.45, 7) is 0. The van der Waals surface area contributed by atoms with Crippen LogP contribution in [0.2, 0.25) is 0 Å². The van der Waals surface area contributed by atoms with E-state index in [2.05, 4.69) is 84.9 Å². The van der Waals surface area contributed by atoms with Crippen LogP contribution >= 0.6 is 0 Å². The third-order valence-corrected chi connectivity index (χ3v) is 7.79. The SMILES string of the molecule is c1ccc2c(c1)Cc1[c]([Al][c]3cccc4c3Cc3ccccc3-4)cccc1-2. The van der Waals surface area contributed by atoms with Crippen molar-refractivity contribution >= 4 is 24.1 Å². The first kappa shape index (κ1) is 15.5. The maximum absolute atomic E-state index is 2.36. The summed E-state index contributed by atoms with van der Waals surface area (Å²) in [6.07, 6.45) is 2.17. The summed E-state index contributed by atoms with van der Waals surface area (Å²) >= 11 is 0.105. The number of benzene rings is 4. The van der Waals surface area contributed by atoms with Crippen LogP contribution in [0, 0.1) is 0 Å². The summed E-state index contributed by atoms with van der Waals surface area (Å²) in [5.41, 5.74) is 11.8. The van der Waals surface area contributed by atoms with Gasteiger partial charge in [0, 0.05) is 0 Å². The van der Waals surface area contributed by atoms with Crippen LogP contribution in [0.15, 0.2) is 84.9 Å². The number of hydrogen-bond acceptors (Lipinski definition) is 0. The van der Waals surface area contributed by atoms with Gasteiger partial charge in [-0.05, 0) is 57.3 Å². The van der Waals surface area contributed by atoms with Gasteiger partial charge in [-0.3, -0.25) is 0 Å². The van der Waals surface area contributed by atoms with Gasteiger partial charge in [0.1, 0.15) is 0 Å². The van der Waals surface area contributed by atoms with E-state index in [4.69, 9.17) is 0 Å². The zero-order valence-electron chi connectivity index (χ0n) is 15.1. The highest BCUT2D eigenvalue weighted by Gasteiger charge is 2.24. The van der Waals surface area contributed by atoms with Crippen LogP contribution in [0.3, 0.4) is 0 Å². The van der Waals surface area contributed by atoms with Gasteiger partial charge in [0.05, 0.1) is 0 Å². The molecule has 0 atom stereocenters. The molecule has 4 aromatic carbocycles. The third kappa shape index (κ3) is 2.36. The van der Waals surface area contributed by atoms with Gasteiger partial charge in [0.15, 0.2) is 0 Å². The molecule has 0 N–H and O–H groups in total. The van der Waals surface area contributed by atoms with Crippen molar-refractivity contribution in [3.8, 4) is 22.3 Å². The van der Waals surface area contributed by atoms with Gasteiger partial charge in [-0.1, -0.05) is 84.9 Å². The average molecular weight is 357 g/mol. The molecule has 0 saturated carbocycles. The Morgan fingerprint density at radius 3 is 1.41 bits per heavy atom. The maximum atomic E-state index is 2.36. The lowest BCUT2D eigenvalue weighted by Gasteiger charge is -2.12. The van der Waals surface area contributed by atoms with Crippen molar-refractivity contribution in [2.24, 2.45) is 0 Å². The van der Waals surface area contributed by atoms with Crippen molar-refractivity contribution in [3.05, 3.63) is 107 Å². The summed E-state index contributed by atoms with van der Waals surface area (Å²) in [5.74, 6) is 0. The summed E-state index contributed by atoms with van der Waals surface area (Å²) < 4.78 is 3.13. The molecule has 0 spiro atoms. The Balaban J connectivity index is 1.43. The Bertz CT molecular complexity index is 1110. The fourth-order valence-corrected chi connectivity index (χ4v) is 6.42. The van der Waals surface area contributed by atoms with Crippen molar-refractivity contribution in [1.82, 2.24) is 0 Å². The molecule has 1 radical (unpaired) electrons. The number of rotatable bonds is 2. The molecule has 0 bridgehead atoms. The summed E-state index contributed by atoms with van der Waals surface area (Å²) in [7, 11) is 0. The van der Waals surface area contributed by atoms with E-state index in [1.807, 2.05) is 0 Å². The average Bonchev–Trinajstić information content (AvgIpc) is 3.28. The molecule has 0 aliphatic heterocycles. The monoisotopic (exact) mass is 357 g/mol. The lowest BCUT2D eigenvalue weighted by Crippen LogP contribution is -2.32. The second-order valence-electron chi connectivity index (χ2n) is 7.56. The van der Waals surface area contributed by atoms with Crippen molar-refractivity contribution in [1.29, 1.82) is 0 Å². The fraction of sp³-hybridized carbons (Fsp3) is 0.0769. The molecule has 0 nitrogen and oxygen atoms in total. The van der Waals surface area contributed by atoms with Crippen LogP contribution in [0.1, 0.15) is 22.3 Å². The number of hydrogen-bond donors (Lipinski definition) is 0. The Kier molecular flexibility index (Phi) is 3.42. The second kappa shape index (κ2) is 5.96. The highest BCUT2D eigenvalue weighted by molar-refractivity contribution is 6.68. The van der Waals surface area contributed by atoms with Crippen LogP contribution in [0.4, 0.5) is 0 Å². The predicted molar refractivity (Wildman–Crippen MR) is 114 cm³/mol. The molecule has 0 heterocycles. The minimum atomic E-state index is 0.105. The Labute approximate surface area is 166 Å². The molecular weight excluding hydrogens is 339 g/mol. The summed E-state index contributed by atoms with van der Waals surface area (Å²) in [4.78, 5) is 0. The molecule has 0 aromatic heterocycles. The van der Waals surface area contributed by atoms with Crippen LogP contribution in [0.5, 0.6) is 0 Å². The first-order valence-electron chi connectivity index (χ1n) is 9.63. The Morgan fingerprint density at radius 2 is 0.889 bits per heavy atom. The summed E-state index contributed by atoms with van der Waals surface area (Å²) in [5, 5.41) is 0. The molecule has 6 rings (SSSR count). The van der Waals surface area contributed by atoms with Crippen molar-refractivity contribution in [2.75, 3.05) is 0 Å². The van der Waals surface area contributed by atoms with Crippen LogP contribution in [-0.2, 0) is 12.8 Å². The van der Waals surface area contributed by atoms with Gasteiger partial charge in [-0.25, -0.2) is 0 Å². The zero-order chi connectivity index (χ0) is 17.8. The van der Waals surface area contributed by atoms with E-state index in [1.54, 1.807) is 20.0 Å². The zero-order valence-corrected chi connectivity index (χ0v) is 16.2. The highest BCUT2D eigenvalue weighted by atomic mass is 27.1. The van der Waals surface area contributed by atoms with Gasteiger partial charge in [0.25, 0.3) is 15.2 Å². The van der Waals surface area contributed by atoms with E-state index in [1.165, 1.54) is 33.4 Å². The minimum Gasteiger partial charge on any atom is -0.113 e. The largest absolute Gasteiger partial charge is 0.299 e. The van der Waals surface area contributed by atoms with E-state index in [0.29, 0.717) is 0 Å². The Hall–Kier alpha value is -2.59. The first-order chi connectivity index (χ1) is 13.4. The van der Waals surface area contributed by atoms with Gasteiger partial charge in [-0.15, -0.1) is 8.85 Å². The molecule has 0 fully saturated rings. The van der Waals surface area contributed by atoms with Crippen LogP contribution < -0.4 is 8.85 Å². The van der Waals surface area contributed by atoms with Gasteiger partial charge in [-0.2, -0.15) is 0 Å². The van der Waals surface area contributed by atoms with E-state index in [-0.39, 0.29) is 15.2 Å². The lowest BCUT2D eigenvalue weighted by atomic mass is 10.1. The third-order valence-electron chi connectivity index (χ3n) is 6.09. The number of fused-ring (bicyclic) bond motifs is 6. The smallest absolute Gasteiger partial charge is 0.113 e. The minimum absolute atomic E-state index is 0.105. The van der Waals surface area contributed by atoms with E-state index in [0.717, 1.165) is 12.8 Å². The Morgan fingerprint density at radius 1 is 0.444 bits per heavy atom. The van der Waals surface area contributed by atoms with Gasteiger partial charge >= 0.3 is 0 Å². The molecular formula is C26H18Al. The normalized spacial score (nSPS) is 12.9. The molecule has 2 aliphatic carbocycles.